The molecule has 5 atom stereocenters. The van der Waals surface area contributed by atoms with Crippen molar-refractivity contribution in [2.75, 3.05) is 20.6 Å². The van der Waals surface area contributed by atoms with Gasteiger partial charge >= 0.3 is 16.2 Å². The quantitative estimate of drug-likeness (QED) is 0.292. The zero-order valence-electron chi connectivity index (χ0n) is 31.4. The number of carbonyl (C=O) groups is 4. The first-order valence-electron chi connectivity index (χ1n) is 18.3. The van der Waals surface area contributed by atoms with Gasteiger partial charge in [-0.15, -0.1) is 0 Å². The van der Waals surface area contributed by atoms with Crippen molar-refractivity contribution in [1.29, 1.82) is 0 Å². The number of rotatable bonds is 8. The molecule has 5 rings (SSSR count). The predicted molar refractivity (Wildman–Crippen MR) is 195 cm³/mol. The molecule has 13 nitrogen and oxygen atoms in total. The Balaban J connectivity index is 1.49. The fourth-order valence-electron chi connectivity index (χ4n) is 7.14. The third-order valence-electron chi connectivity index (χ3n) is 10.1. The van der Waals surface area contributed by atoms with Gasteiger partial charge in [-0.2, -0.15) is 12.7 Å². The first-order valence-corrected chi connectivity index (χ1v) is 19.7. The maximum atomic E-state index is 14.5. The maximum Gasteiger partial charge on any atom is 0.307 e. The minimum Gasteiger partial charge on any atom is -0.471 e. The predicted octanol–water partition coefficient (Wildman–Crippen LogP) is 4.86. The van der Waals surface area contributed by atoms with E-state index in [2.05, 4.69) is 4.72 Å². The molecule has 1 aromatic carbocycles. The van der Waals surface area contributed by atoms with Crippen LogP contribution in [0.5, 0.6) is 5.88 Å². The molecule has 0 unspecified atom stereocenters. The monoisotopic (exact) mass is 739 g/mol. The number of Topliss-reactive ketones (excluding diaryl/α,β-unsaturated/α-hetero) is 1. The van der Waals surface area contributed by atoms with Crippen LogP contribution >= 0.6 is 0 Å². The highest BCUT2D eigenvalue weighted by atomic mass is 32.2. The molecule has 1 aliphatic carbocycles. The van der Waals surface area contributed by atoms with Gasteiger partial charge < -0.3 is 14.4 Å². The molecule has 0 radical (unpaired) electrons. The number of amides is 2. The number of benzene rings is 1. The molecule has 2 aromatic rings. The fourth-order valence-corrected chi connectivity index (χ4v) is 7.76. The number of nitrogens with zero attached hydrogens (tertiary/aromatic N) is 4. The van der Waals surface area contributed by atoms with Crippen molar-refractivity contribution in [2.24, 2.45) is 17.3 Å². The Hall–Kier alpha value is -3.91. The van der Waals surface area contributed by atoms with Crippen LogP contribution < -0.4 is 9.46 Å². The van der Waals surface area contributed by atoms with Crippen molar-refractivity contribution >= 4 is 44.8 Å². The first kappa shape index (κ1) is 39.3. The van der Waals surface area contributed by atoms with E-state index in [1.54, 1.807) is 20.8 Å². The van der Waals surface area contributed by atoms with E-state index in [1.807, 2.05) is 50.3 Å². The summed E-state index contributed by atoms with van der Waals surface area (Å²) in [6, 6.07) is 6.49. The molecule has 0 spiro atoms. The lowest BCUT2D eigenvalue weighted by Gasteiger charge is -2.29. The van der Waals surface area contributed by atoms with Crippen LogP contribution in [0.1, 0.15) is 104 Å². The number of hydrogen-bond acceptors (Lipinski definition) is 10. The minimum absolute atomic E-state index is 0.0305. The molecule has 1 saturated carbocycles. The van der Waals surface area contributed by atoms with Crippen LogP contribution in [-0.2, 0) is 34.1 Å². The summed E-state index contributed by atoms with van der Waals surface area (Å²) >= 11 is 0. The number of carbonyl (C=O) groups excluding carboxylic acids is 4. The van der Waals surface area contributed by atoms with Gasteiger partial charge in [0.2, 0.25) is 17.7 Å². The van der Waals surface area contributed by atoms with Crippen molar-refractivity contribution in [3.05, 3.63) is 42.1 Å². The molecule has 3 heterocycles. The molecule has 284 valence electrons. The minimum atomic E-state index is -4.11. The molecule has 3 aliphatic rings. The van der Waals surface area contributed by atoms with Crippen molar-refractivity contribution < 1.29 is 37.1 Å². The van der Waals surface area contributed by atoms with Gasteiger partial charge in [-0.25, -0.2) is 14.7 Å². The van der Waals surface area contributed by atoms with E-state index < -0.39 is 51.2 Å². The Kier molecular flexibility index (Phi) is 11.8. The zero-order chi connectivity index (χ0) is 38.0. The number of aromatic nitrogens is 2. The van der Waals surface area contributed by atoms with Crippen molar-refractivity contribution in [3.8, 4) is 5.88 Å². The van der Waals surface area contributed by atoms with E-state index >= 15 is 0 Å². The maximum absolute atomic E-state index is 14.5. The Morgan fingerprint density at radius 3 is 2.42 bits per heavy atom. The first-order chi connectivity index (χ1) is 24.4. The van der Waals surface area contributed by atoms with Crippen LogP contribution in [0.2, 0.25) is 0 Å². The lowest BCUT2D eigenvalue weighted by molar-refractivity contribution is -0.159. The highest BCUT2D eigenvalue weighted by Gasteiger charge is 2.61. The van der Waals surface area contributed by atoms with Gasteiger partial charge in [-0.3, -0.25) is 19.2 Å². The number of ether oxygens (including phenoxy) is 2. The Labute approximate surface area is 307 Å². The van der Waals surface area contributed by atoms with Crippen LogP contribution in [0.4, 0.5) is 0 Å². The van der Waals surface area contributed by atoms with Crippen molar-refractivity contribution in [3.63, 3.8) is 0 Å². The van der Waals surface area contributed by atoms with Crippen molar-refractivity contribution in [1.82, 2.24) is 23.9 Å². The molecular weight excluding hydrogens is 687 g/mol. The summed E-state index contributed by atoms with van der Waals surface area (Å²) in [6.45, 7) is 9.35. The molecule has 14 heteroatoms. The van der Waals surface area contributed by atoms with Gasteiger partial charge in [-0.1, -0.05) is 51.0 Å². The largest absolute Gasteiger partial charge is 0.471 e. The molecule has 1 N–H and O–H groups in total. The average Bonchev–Trinajstić information content (AvgIpc) is 3.58. The third-order valence-corrected chi connectivity index (χ3v) is 11.5. The van der Waals surface area contributed by atoms with Gasteiger partial charge in [0.25, 0.3) is 0 Å². The number of fused-ring (bicyclic) bond motifs is 3. The van der Waals surface area contributed by atoms with Gasteiger partial charge in [-0.05, 0) is 64.5 Å². The van der Waals surface area contributed by atoms with Crippen LogP contribution in [0.3, 0.4) is 0 Å². The van der Waals surface area contributed by atoms with Crippen molar-refractivity contribution in [2.45, 2.75) is 116 Å². The zero-order valence-corrected chi connectivity index (χ0v) is 32.2. The molecule has 1 aromatic heterocycles. The molecule has 2 aliphatic heterocycles. The van der Waals surface area contributed by atoms with E-state index in [9.17, 15) is 27.6 Å². The summed E-state index contributed by atoms with van der Waals surface area (Å²) in [5, 5.41) is 0. The highest BCUT2D eigenvalue weighted by Crippen LogP contribution is 2.57. The number of hydrogen-bond donors (Lipinski definition) is 1. The smallest absolute Gasteiger partial charge is 0.307 e. The summed E-state index contributed by atoms with van der Waals surface area (Å²) in [5.41, 5.74) is -0.000401. The van der Waals surface area contributed by atoms with E-state index in [4.69, 9.17) is 19.4 Å². The second kappa shape index (κ2) is 15.6. The van der Waals surface area contributed by atoms with E-state index in [0.29, 0.717) is 36.4 Å². The number of allylic oxidation sites excluding steroid dienone is 2. The Morgan fingerprint density at radius 1 is 1.08 bits per heavy atom. The number of esters is 1. The summed E-state index contributed by atoms with van der Waals surface area (Å²) in [4.78, 5) is 66.9. The van der Waals surface area contributed by atoms with Crippen LogP contribution in [-0.4, -0.2) is 89.5 Å². The van der Waals surface area contributed by atoms with Crippen LogP contribution in [0.15, 0.2) is 36.4 Å². The van der Waals surface area contributed by atoms with E-state index in [0.717, 1.165) is 29.1 Å². The SMILES string of the molecule is CC(C)c1nc2ccccc2nc1O[C@@H]1C[C@H]2C(=O)C[C@]3(C(=O)NS(=O)(=O)N(C)C)C[C@H]3/C=C\CCCCC[C@H](CC(=O)OC(C)(C)C)C(=O)N2C1. The normalized spacial score (nSPS) is 26.7. The number of ketones is 1. The molecule has 1 saturated heterocycles. The number of para-hydroxylation sites is 2. The van der Waals surface area contributed by atoms with Gasteiger partial charge in [0.05, 0.1) is 35.5 Å². The lowest BCUT2D eigenvalue weighted by atomic mass is 9.90. The molecule has 0 bridgehead atoms. The fraction of sp³-hybridized carbons (Fsp3) is 0.632. The van der Waals surface area contributed by atoms with E-state index in [1.165, 1.54) is 19.0 Å². The molecule has 2 amide bonds. The summed E-state index contributed by atoms with van der Waals surface area (Å²) < 4.78 is 40.6. The van der Waals surface area contributed by atoms with Gasteiger partial charge in [0.15, 0.2) is 5.78 Å². The second-order valence-electron chi connectivity index (χ2n) is 15.9. The topological polar surface area (TPSA) is 165 Å². The van der Waals surface area contributed by atoms with Crippen LogP contribution in [0, 0.1) is 17.3 Å². The van der Waals surface area contributed by atoms with Gasteiger partial charge in [0.1, 0.15) is 17.4 Å². The summed E-state index contributed by atoms with van der Waals surface area (Å²) in [6.07, 6.45) is 6.80. The van der Waals surface area contributed by atoms with Gasteiger partial charge in [0, 0.05) is 38.8 Å². The lowest BCUT2D eigenvalue weighted by Crippen LogP contribution is -2.47. The summed E-state index contributed by atoms with van der Waals surface area (Å²) in [5.74, 6) is -2.72. The molecular formula is C38H53N5O8S. The van der Waals surface area contributed by atoms with Crippen LogP contribution in [0.25, 0.3) is 11.0 Å². The van der Waals surface area contributed by atoms with E-state index in [-0.39, 0.29) is 49.3 Å². The molecule has 2 fully saturated rings. The highest BCUT2D eigenvalue weighted by molar-refractivity contribution is 7.87. The average molecular weight is 740 g/mol. The molecule has 52 heavy (non-hydrogen) atoms. The Morgan fingerprint density at radius 2 is 1.77 bits per heavy atom. The number of nitrogens with one attached hydrogen (secondary N) is 1. The summed E-state index contributed by atoms with van der Waals surface area (Å²) in [7, 11) is -1.47. The second-order valence-corrected chi connectivity index (χ2v) is 17.8. The Bertz CT molecular complexity index is 1820. The standard InChI is InChI=1S/C38H53N5O8S/c1-24(2)33-34(40-29-18-14-13-17-28(29)39-33)50-27-20-30-31(44)22-38(36(47)41-52(48,49)42(6)7)21-26(38)16-12-10-8-9-11-15-25(35(46)43(30)23-27)19-32(45)51-37(3,4)5/h12-14,16-18,24-27,30H,8-11,15,19-23H2,1-7H3,(H,41,47)/b16-12-/t25-,26-,27-,30+,38-/m1/s1. The third kappa shape index (κ3) is 9.17.